The number of nitrogens with two attached hydrogens (primary N) is 1. The molecule has 0 aromatic heterocycles. The van der Waals surface area contributed by atoms with Crippen LogP contribution in [-0.2, 0) is 14.8 Å². The predicted molar refractivity (Wildman–Crippen MR) is 75.1 cm³/mol. The lowest BCUT2D eigenvalue weighted by molar-refractivity contribution is -0.111. The molecule has 1 aromatic rings. The molecule has 1 rings (SSSR count). The highest BCUT2D eigenvalue weighted by Gasteiger charge is 2.14. The van der Waals surface area contributed by atoms with E-state index in [0.29, 0.717) is 11.3 Å². The van der Waals surface area contributed by atoms with E-state index in [9.17, 15) is 13.2 Å². The Kier molecular flexibility index (Phi) is 5.02. The summed E-state index contributed by atoms with van der Waals surface area (Å²) in [6.07, 6.45) is 6.45. The van der Waals surface area contributed by atoms with Gasteiger partial charge in [-0.3, -0.25) is 4.79 Å². The van der Waals surface area contributed by atoms with E-state index in [4.69, 9.17) is 5.14 Å². The van der Waals surface area contributed by atoms with Gasteiger partial charge in [0.1, 0.15) is 0 Å². The van der Waals surface area contributed by atoms with Crippen LogP contribution in [0.5, 0.6) is 0 Å². The van der Waals surface area contributed by atoms with Gasteiger partial charge in [0.25, 0.3) is 0 Å². The van der Waals surface area contributed by atoms with Crippen LogP contribution in [0.3, 0.4) is 0 Å². The van der Waals surface area contributed by atoms with Crippen LogP contribution >= 0.6 is 0 Å². The Morgan fingerprint density at radius 2 is 2.00 bits per heavy atom. The molecular formula is C13H16N2O3S. The molecule has 0 unspecified atom stereocenters. The van der Waals surface area contributed by atoms with Crippen LogP contribution in [0.15, 0.2) is 47.4 Å². The second kappa shape index (κ2) is 6.31. The van der Waals surface area contributed by atoms with Gasteiger partial charge in [-0.25, -0.2) is 13.6 Å². The highest BCUT2D eigenvalue weighted by molar-refractivity contribution is 7.89. The summed E-state index contributed by atoms with van der Waals surface area (Å²) in [6, 6.07) is 4.54. The Hall–Kier alpha value is -1.92. The second-order valence-corrected chi connectivity index (χ2v) is 5.38. The van der Waals surface area contributed by atoms with Gasteiger partial charge in [-0.2, -0.15) is 0 Å². The number of hydrogen-bond acceptors (Lipinski definition) is 3. The van der Waals surface area contributed by atoms with E-state index >= 15 is 0 Å². The molecule has 19 heavy (non-hydrogen) atoms. The first kappa shape index (κ1) is 15.1. The Labute approximate surface area is 112 Å². The first-order chi connectivity index (χ1) is 8.86. The van der Waals surface area contributed by atoms with Gasteiger partial charge >= 0.3 is 0 Å². The number of hydrogen-bond donors (Lipinski definition) is 2. The first-order valence-corrected chi connectivity index (χ1v) is 7.13. The molecule has 0 radical (unpaired) electrons. The van der Waals surface area contributed by atoms with Crippen molar-refractivity contribution in [1.82, 2.24) is 0 Å². The van der Waals surface area contributed by atoms with Gasteiger partial charge in [0.2, 0.25) is 15.9 Å². The molecule has 0 saturated carbocycles. The van der Waals surface area contributed by atoms with Crippen LogP contribution in [0.4, 0.5) is 5.69 Å². The number of anilines is 1. The Morgan fingerprint density at radius 1 is 1.32 bits per heavy atom. The molecule has 0 aliphatic carbocycles. The molecule has 1 aromatic carbocycles. The Balaban J connectivity index is 3.01. The van der Waals surface area contributed by atoms with Gasteiger partial charge in [-0.05, 0) is 31.5 Å². The maximum absolute atomic E-state index is 11.6. The Bertz CT molecular complexity index is 631. The quantitative estimate of drug-likeness (QED) is 0.650. The van der Waals surface area contributed by atoms with E-state index in [1.54, 1.807) is 31.2 Å². The summed E-state index contributed by atoms with van der Waals surface area (Å²) < 4.78 is 22.7. The number of nitrogens with one attached hydrogen (secondary N) is 1. The highest BCUT2D eigenvalue weighted by atomic mass is 32.2. The Morgan fingerprint density at radius 3 is 2.58 bits per heavy atom. The maximum Gasteiger partial charge on any atom is 0.248 e. The molecule has 0 bridgehead atoms. The molecule has 0 saturated heterocycles. The van der Waals surface area contributed by atoms with Gasteiger partial charge in [-0.1, -0.05) is 24.3 Å². The van der Waals surface area contributed by atoms with Crippen LogP contribution in [0, 0.1) is 6.92 Å². The van der Waals surface area contributed by atoms with Crippen molar-refractivity contribution in [2.45, 2.75) is 18.7 Å². The lowest BCUT2D eigenvalue weighted by Gasteiger charge is -2.09. The third-order valence-electron chi connectivity index (χ3n) is 2.40. The summed E-state index contributed by atoms with van der Waals surface area (Å²) >= 11 is 0. The van der Waals surface area contributed by atoms with E-state index in [-0.39, 0.29) is 10.8 Å². The van der Waals surface area contributed by atoms with Gasteiger partial charge in [0, 0.05) is 11.8 Å². The van der Waals surface area contributed by atoms with E-state index in [2.05, 4.69) is 5.32 Å². The molecule has 0 atom stereocenters. The molecule has 102 valence electrons. The SMILES string of the molecule is C/C=C/C=C/C(=O)Nc1cccc(S(N)(=O)=O)c1C. The summed E-state index contributed by atoms with van der Waals surface area (Å²) in [6.45, 7) is 3.42. The van der Waals surface area contributed by atoms with Gasteiger partial charge in [0.15, 0.2) is 0 Å². The zero-order valence-corrected chi connectivity index (χ0v) is 11.6. The lowest BCUT2D eigenvalue weighted by Crippen LogP contribution is -2.16. The summed E-state index contributed by atoms with van der Waals surface area (Å²) in [4.78, 5) is 11.6. The fourth-order valence-corrected chi connectivity index (χ4v) is 2.29. The van der Waals surface area contributed by atoms with Crippen LogP contribution in [0.2, 0.25) is 0 Å². The van der Waals surface area contributed by atoms with Crippen molar-refractivity contribution in [1.29, 1.82) is 0 Å². The van der Waals surface area contributed by atoms with Gasteiger partial charge < -0.3 is 5.32 Å². The van der Waals surface area contributed by atoms with Crippen LogP contribution in [-0.4, -0.2) is 14.3 Å². The average molecular weight is 280 g/mol. The fraction of sp³-hybridized carbons (Fsp3) is 0.154. The van der Waals surface area contributed by atoms with E-state index in [1.165, 1.54) is 18.2 Å². The molecule has 0 aliphatic heterocycles. The number of sulfonamides is 1. The molecule has 0 spiro atoms. The van der Waals surface area contributed by atoms with E-state index in [1.807, 2.05) is 6.92 Å². The topological polar surface area (TPSA) is 89.3 Å². The number of allylic oxidation sites excluding steroid dienone is 3. The third-order valence-corrected chi connectivity index (χ3v) is 3.45. The first-order valence-electron chi connectivity index (χ1n) is 5.59. The summed E-state index contributed by atoms with van der Waals surface area (Å²) in [5.41, 5.74) is 0.833. The van der Waals surface area contributed by atoms with Crippen molar-refractivity contribution in [2.24, 2.45) is 5.14 Å². The predicted octanol–water partition coefficient (Wildman–Crippen LogP) is 1.71. The fourth-order valence-electron chi connectivity index (χ4n) is 1.49. The monoisotopic (exact) mass is 280 g/mol. The van der Waals surface area contributed by atoms with Gasteiger partial charge in [-0.15, -0.1) is 0 Å². The zero-order chi connectivity index (χ0) is 14.5. The molecule has 6 heteroatoms. The molecule has 1 amide bonds. The highest BCUT2D eigenvalue weighted by Crippen LogP contribution is 2.21. The van der Waals surface area contributed by atoms with Crippen LogP contribution in [0.25, 0.3) is 0 Å². The maximum atomic E-state index is 11.6. The number of carbonyl (C=O) groups excluding carboxylic acids is 1. The normalized spacial score (nSPS) is 12.2. The lowest BCUT2D eigenvalue weighted by atomic mass is 10.2. The zero-order valence-electron chi connectivity index (χ0n) is 10.8. The number of amides is 1. The minimum absolute atomic E-state index is 0.00253. The second-order valence-electron chi connectivity index (χ2n) is 3.85. The summed E-state index contributed by atoms with van der Waals surface area (Å²) in [5, 5.41) is 7.69. The number of benzene rings is 1. The number of rotatable bonds is 4. The molecule has 0 heterocycles. The van der Waals surface area contributed by atoms with E-state index < -0.39 is 10.0 Å². The van der Waals surface area contributed by atoms with Crippen molar-refractivity contribution in [3.8, 4) is 0 Å². The number of primary sulfonamides is 1. The van der Waals surface area contributed by atoms with Crippen molar-refractivity contribution in [3.63, 3.8) is 0 Å². The molecule has 3 N–H and O–H groups in total. The van der Waals surface area contributed by atoms with Crippen LogP contribution < -0.4 is 10.5 Å². The minimum atomic E-state index is -3.79. The summed E-state index contributed by atoms with van der Waals surface area (Å²) in [7, 11) is -3.79. The minimum Gasteiger partial charge on any atom is -0.322 e. The number of carbonyl (C=O) groups is 1. The standard InChI is InChI=1S/C13H16N2O3S/c1-3-4-5-9-13(16)15-11-7-6-8-12(10(11)2)19(14,17)18/h3-9H,1-2H3,(H,15,16)(H2,14,17,18)/b4-3+,9-5+. The smallest absolute Gasteiger partial charge is 0.248 e. The molecule has 0 aliphatic rings. The largest absolute Gasteiger partial charge is 0.322 e. The van der Waals surface area contributed by atoms with Crippen molar-refractivity contribution in [3.05, 3.63) is 48.1 Å². The van der Waals surface area contributed by atoms with Crippen LogP contribution in [0.1, 0.15) is 12.5 Å². The van der Waals surface area contributed by atoms with Crippen molar-refractivity contribution in [2.75, 3.05) is 5.32 Å². The van der Waals surface area contributed by atoms with Crippen molar-refractivity contribution >= 4 is 21.6 Å². The van der Waals surface area contributed by atoms with Crippen molar-refractivity contribution < 1.29 is 13.2 Å². The van der Waals surface area contributed by atoms with E-state index in [0.717, 1.165) is 0 Å². The average Bonchev–Trinajstić information content (AvgIpc) is 2.30. The molecule has 5 nitrogen and oxygen atoms in total. The molecule has 0 fully saturated rings. The summed E-state index contributed by atoms with van der Waals surface area (Å²) in [5.74, 6) is -0.340. The third kappa shape index (κ3) is 4.35. The molecular weight excluding hydrogens is 264 g/mol. The van der Waals surface area contributed by atoms with Gasteiger partial charge in [0.05, 0.1) is 4.90 Å².